The second kappa shape index (κ2) is 4.85. The molecule has 0 aliphatic rings. The van der Waals surface area contributed by atoms with Gasteiger partial charge in [0, 0.05) is 0 Å². The van der Waals surface area contributed by atoms with E-state index in [0.717, 1.165) is 0 Å². The van der Waals surface area contributed by atoms with Gasteiger partial charge in [-0.2, -0.15) is 5.26 Å². The summed E-state index contributed by atoms with van der Waals surface area (Å²) >= 11 is 0. The van der Waals surface area contributed by atoms with E-state index >= 15 is 0 Å². The van der Waals surface area contributed by atoms with E-state index in [0.29, 0.717) is 0 Å². The van der Waals surface area contributed by atoms with E-state index in [9.17, 15) is 4.79 Å². The van der Waals surface area contributed by atoms with Crippen LogP contribution in [-0.2, 0) is 4.89 Å². The van der Waals surface area contributed by atoms with Crippen molar-refractivity contribution in [3.63, 3.8) is 0 Å². The van der Waals surface area contributed by atoms with Gasteiger partial charge in [0.25, 0.3) is 0 Å². The van der Waals surface area contributed by atoms with Gasteiger partial charge < -0.3 is 15.3 Å². The molecule has 2 unspecified atom stereocenters. The summed E-state index contributed by atoms with van der Waals surface area (Å²) < 4.78 is 0. The van der Waals surface area contributed by atoms with Gasteiger partial charge in [-0.15, -0.1) is 0 Å². The maximum absolute atomic E-state index is 10.1. The number of amides is 1. The molecule has 0 aliphatic heterocycles. The Labute approximate surface area is 61.8 Å². The fourth-order valence-electron chi connectivity index (χ4n) is 0.343. The standard InChI is InChI=1S/C4H9NO6/c6-1-2(7)3(8)5-4(9)11-10/h2-3,6-8,10H,1H2,(H,5,9). The van der Waals surface area contributed by atoms with Crippen LogP contribution in [-0.4, -0.2) is 45.6 Å². The molecule has 66 valence electrons. The average molecular weight is 167 g/mol. The third-order valence-electron chi connectivity index (χ3n) is 0.900. The molecule has 11 heavy (non-hydrogen) atoms. The molecular formula is C4H9NO6. The van der Waals surface area contributed by atoms with E-state index < -0.39 is 25.0 Å². The number of nitrogens with one attached hydrogen (secondary N) is 1. The van der Waals surface area contributed by atoms with Crippen molar-refractivity contribution >= 4 is 6.09 Å². The molecule has 2 atom stereocenters. The Morgan fingerprint density at radius 3 is 2.45 bits per heavy atom. The molecule has 0 fully saturated rings. The highest BCUT2D eigenvalue weighted by Crippen LogP contribution is 1.87. The SMILES string of the molecule is O=C(NC(O)C(O)CO)OO. The van der Waals surface area contributed by atoms with E-state index in [1.807, 2.05) is 0 Å². The minimum atomic E-state index is -1.67. The van der Waals surface area contributed by atoms with E-state index in [4.69, 9.17) is 20.6 Å². The number of aliphatic hydroxyl groups is 3. The van der Waals surface area contributed by atoms with Crippen molar-refractivity contribution in [3.8, 4) is 0 Å². The van der Waals surface area contributed by atoms with Crippen molar-refractivity contribution in [3.05, 3.63) is 0 Å². The first-order valence-electron chi connectivity index (χ1n) is 2.70. The van der Waals surface area contributed by atoms with Gasteiger partial charge in [0.05, 0.1) is 6.61 Å². The molecule has 0 aliphatic carbocycles. The summed E-state index contributed by atoms with van der Waals surface area (Å²) in [7, 11) is 0. The van der Waals surface area contributed by atoms with Crippen LogP contribution >= 0.6 is 0 Å². The number of carbonyl (C=O) groups is 1. The minimum absolute atomic E-state index is 0.715. The number of hydrogen-bond acceptors (Lipinski definition) is 6. The first-order valence-corrected chi connectivity index (χ1v) is 2.70. The second-order valence-corrected chi connectivity index (χ2v) is 1.72. The zero-order chi connectivity index (χ0) is 8.85. The predicted molar refractivity (Wildman–Crippen MR) is 31.3 cm³/mol. The normalized spacial score (nSPS) is 15.3. The topological polar surface area (TPSA) is 119 Å². The summed E-state index contributed by atoms with van der Waals surface area (Å²) in [5.74, 6) is 0. The largest absolute Gasteiger partial charge is 0.440 e. The molecule has 5 N–H and O–H groups in total. The van der Waals surface area contributed by atoms with Crippen molar-refractivity contribution in [1.29, 1.82) is 0 Å². The van der Waals surface area contributed by atoms with E-state index in [2.05, 4.69) is 4.89 Å². The summed E-state index contributed by atoms with van der Waals surface area (Å²) in [5.41, 5.74) is 0. The van der Waals surface area contributed by atoms with Gasteiger partial charge in [-0.1, -0.05) is 0 Å². The van der Waals surface area contributed by atoms with Gasteiger partial charge in [0.15, 0.2) is 6.23 Å². The first kappa shape index (κ1) is 10.1. The molecule has 0 spiro atoms. The number of carbonyl (C=O) groups excluding carboxylic acids is 1. The van der Waals surface area contributed by atoms with Gasteiger partial charge in [0.1, 0.15) is 6.10 Å². The van der Waals surface area contributed by atoms with Crippen LogP contribution in [0.25, 0.3) is 0 Å². The molecule has 0 bridgehead atoms. The lowest BCUT2D eigenvalue weighted by Gasteiger charge is -2.14. The van der Waals surface area contributed by atoms with Gasteiger partial charge in [-0.05, 0) is 0 Å². The summed E-state index contributed by atoms with van der Waals surface area (Å²) in [5, 5.41) is 34.8. The molecule has 0 aromatic carbocycles. The lowest BCUT2D eigenvalue weighted by Crippen LogP contribution is -2.44. The molecule has 0 rings (SSSR count). The maximum Gasteiger partial charge on any atom is 0.440 e. The smallest absolute Gasteiger partial charge is 0.394 e. The lowest BCUT2D eigenvalue weighted by molar-refractivity contribution is -0.182. The fraction of sp³-hybridized carbons (Fsp3) is 0.750. The number of rotatable bonds is 3. The average Bonchev–Trinajstić information content (AvgIpc) is 2.02. The molecule has 7 nitrogen and oxygen atoms in total. The van der Waals surface area contributed by atoms with Crippen LogP contribution in [0.1, 0.15) is 0 Å². The molecule has 0 saturated heterocycles. The monoisotopic (exact) mass is 167 g/mol. The molecule has 1 amide bonds. The van der Waals surface area contributed by atoms with Crippen molar-refractivity contribution < 1.29 is 30.3 Å². The van der Waals surface area contributed by atoms with E-state index in [1.165, 1.54) is 0 Å². The Morgan fingerprint density at radius 2 is 2.09 bits per heavy atom. The van der Waals surface area contributed by atoms with Crippen LogP contribution in [0, 0.1) is 0 Å². The molecule has 0 radical (unpaired) electrons. The Hall–Kier alpha value is -0.890. The van der Waals surface area contributed by atoms with Crippen molar-refractivity contribution in [2.75, 3.05) is 6.61 Å². The highest BCUT2D eigenvalue weighted by molar-refractivity contribution is 5.66. The van der Waals surface area contributed by atoms with Crippen molar-refractivity contribution in [2.45, 2.75) is 12.3 Å². The van der Waals surface area contributed by atoms with Gasteiger partial charge in [-0.3, -0.25) is 10.2 Å². The molecule has 7 heteroatoms. The van der Waals surface area contributed by atoms with Crippen LogP contribution in [0.3, 0.4) is 0 Å². The van der Waals surface area contributed by atoms with E-state index in [1.54, 1.807) is 5.32 Å². The Bertz CT molecular complexity index is 128. The number of aliphatic hydroxyl groups excluding tert-OH is 3. The predicted octanol–water partition coefficient (Wildman–Crippen LogP) is -2.14. The van der Waals surface area contributed by atoms with Gasteiger partial charge in [0.2, 0.25) is 0 Å². The van der Waals surface area contributed by atoms with Crippen LogP contribution in [0.5, 0.6) is 0 Å². The third-order valence-corrected chi connectivity index (χ3v) is 0.900. The molecule has 0 aromatic heterocycles. The summed E-state index contributed by atoms with van der Waals surface area (Å²) in [4.78, 5) is 13.2. The number of hydrogen-bond donors (Lipinski definition) is 5. The first-order chi connectivity index (χ1) is 5.11. The zero-order valence-electron chi connectivity index (χ0n) is 5.47. The van der Waals surface area contributed by atoms with Crippen LogP contribution in [0.2, 0.25) is 0 Å². The van der Waals surface area contributed by atoms with Gasteiger partial charge in [-0.25, -0.2) is 4.79 Å². The van der Waals surface area contributed by atoms with E-state index in [-0.39, 0.29) is 0 Å². The quantitative estimate of drug-likeness (QED) is 0.186. The van der Waals surface area contributed by atoms with Crippen LogP contribution in [0.4, 0.5) is 4.79 Å². The molecule has 0 aromatic rings. The van der Waals surface area contributed by atoms with Crippen molar-refractivity contribution in [1.82, 2.24) is 5.32 Å². The summed E-state index contributed by atoms with van der Waals surface area (Å²) in [6.07, 6.45) is -4.49. The molecular weight excluding hydrogens is 158 g/mol. The van der Waals surface area contributed by atoms with Crippen LogP contribution < -0.4 is 5.32 Å². The maximum atomic E-state index is 10.1. The highest BCUT2D eigenvalue weighted by Gasteiger charge is 2.17. The zero-order valence-corrected chi connectivity index (χ0v) is 5.47. The Balaban J connectivity index is 3.67. The molecule has 0 saturated carbocycles. The van der Waals surface area contributed by atoms with Crippen LogP contribution in [0.15, 0.2) is 0 Å². The summed E-state index contributed by atoms with van der Waals surface area (Å²) in [6.45, 7) is -0.715. The second-order valence-electron chi connectivity index (χ2n) is 1.72. The fourth-order valence-corrected chi connectivity index (χ4v) is 0.343. The highest BCUT2D eigenvalue weighted by atomic mass is 17.1. The van der Waals surface area contributed by atoms with Crippen molar-refractivity contribution in [2.24, 2.45) is 0 Å². The lowest BCUT2D eigenvalue weighted by atomic mass is 10.3. The Morgan fingerprint density at radius 1 is 1.55 bits per heavy atom. The Kier molecular flexibility index (Phi) is 4.46. The third kappa shape index (κ3) is 3.73. The van der Waals surface area contributed by atoms with Gasteiger partial charge >= 0.3 is 6.09 Å². The summed E-state index contributed by atoms with van der Waals surface area (Å²) in [6, 6.07) is 0. The molecule has 0 heterocycles. The minimum Gasteiger partial charge on any atom is -0.394 e.